The lowest BCUT2D eigenvalue weighted by atomic mass is 10.1. The summed E-state index contributed by atoms with van der Waals surface area (Å²) < 4.78 is 12.3. The van der Waals surface area contributed by atoms with E-state index in [2.05, 4.69) is 10.4 Å². The highest BCUT2D eigenvalue weighted by Gasteiger charge is 2.21. The smallest absolute Gasteiger partial charge is 0.337 e. The Hall–Kier alpha value is -3.94. The van der Waals surface area contributed by atoms with Gasteiger partial charge in [0.2, 0.25) is 0 Å². The van der Waals surface area contributed by atoms with E-state index >= 15 is 0 Å². The lowest BCUT2D eigenvalue weighted by Gasteiger charge is -2.12. The van der Waals surface area contributed by atoms with Gasteiger partial charge in [-0.15, -0.1) is 0 Å². The molecule has 0 aliphatic carbocycles. The summed E-state index contributed by atoms with van der Waals surface area (Å²) >= 11 is 0. The number of carbonyl (C=O) groups is 2. The number of nitrogens with one attached hydrogen (secondary N) is 1. The minimum absolute atomic E-state index is 0.0623. The maximum atomic E-state index is 13.5. The average molecular weight is 447 g/mol. The number of hydrogen-bond acceptors (Lipinski definition) is 6. The van der Waals surface area contributed by atoms with Gasteiger partial charge in [-0.2, -0.15) is 5.10 Å². The molecule has 1 amide bonds. The Morgan fingerprint density at radius 1 is 1.12 bits per heavy atom. The SMILES string of the molecule is COC(=O)c1ccc(C)c(NC(=O)c2cc(-c3cc(C)oc3C)nc3c2cnn3C(C)C)c1. The van der Waals surface area contributed by atoms with Gasteiger partial charge in [-0.3, -0.25) is 4.79 Å². The van der Waals surface area contributed by atoms with Gasteiger partial charge in [-0.25, -0.2) is 14.5 Å². The van der Waals surface area contributed by atoms with Crippen LogP contribution in [-0.4, -0.2) is 33.8 Å². The molecular formula is C25H26N4O4. The van der Waals surface area contributed by atoms with Crippen molar-refractivity contribution in [3.8, 4) is 11.3 Å². The van der Waals surface area contributed by atoms with E-state index in [1.165, 1.54) is 7.11 Å². The summed E-state index contributed by atoms with van der Waals surface area (Å²) in [5, 5.41) is 8.05. The number of pyridine rings is 1. The standard InChI is InChI=1S/C25H26N4O4/c1-13(2)29-23-20(12-26-29)19(11-22(27-23)18-9-15(4)33-16(18)5)24(30)28-21-10-17(25(31)32-6)8-7-14(21)3/h7-13H,1-6H3,(H,28,30). The van der Waals surface area contributed by atoms with Gasteiger partial charge in [0.1, 0.15) is 11.5 Å². The summed E-state index contributed by atoms with van der Waals surface area (Å²) in [4.78, 5) is 30.2. The average Bonchev–Trinajstić information content (AvgIpc) is 3.36. The molecule has 8 nitrogen and oxygen atoms in total. The van der Waals surface area contributed by atoms with Crippen molar-refractivity contribution in [2.45, 2.75) is 40.7 Å². The van der Waals surface area contributed by atoms with Crippen LogP contribution in [0.4, 0.5) is 5.69 Å². The van der Waals surface area contributed by atoms with Gasteiger partial charge >= 0.3 is 5.97 Å². The molecular weight excluding hydrogens is 420 g/mol. The number of nitrogens with zero attached hydrogens (tertiary/aromatic N) is 3. The lowest BCUT2D eigenvalue weighted by molar-refractivity contribution is 0.0600. The summed E-state index contributed by atoms with van der Waals surface area (Å²) in [7, 11) is 1.32. The van der Waals surface area contributed by atoms with E-state index < -0.39 is 5.97 Å². The number of amides is 1. The molecule has 0 saturated heterocycles. The molecule has 170 valence electrons. The van der Waals surface area contributed by atoms with E-state index in [-0.39, 0.29) is 11.9 Å². The predicted octanol–water partition coefficient (Wildman–Crippen LogP) is 5.24. The van der Waals surface area contributed by atoms with E-state index in [0.717, 1.165) is 22.6 Å². The topological polar surface area (TPSA) is 99.2 Å². The maximum absolute atomic E-state index is 13.5. The molecule has 0 aliphatic heterocycles. The van der Waals surface area contributed by atoms with Crippen LogP contribution in [0, 0.1) is 20.8 Å². The summed E-state index contributed by atoms with van der Waals surface area (Å²) in [5.41, 5.74) is 4.21. The molecule has 33 heavy (non-hydrogen) atoms. The van der Waals surface area contributed by atoms with E-state index in [0.29, 0.717) is 33.5 Å². The fourth-order valence-electron chi connectivity index (χ4n) is 3.80. The largest absolute Gasteiger partial charge is 0.466 e. The molecule has 0 bridgehead atoms. The Kier molecular flexibility index (Phi) is 5.76. The fourth-order valence-corrected chi connectivity index (χ4v) is 3.80. The summed E-state index contributed by atoms with van der Waals surface area (Å²) in [6.07, 6.45) is 1.66. The van der Waals surface area contributed by atoms with E-state index in [1.54, 1.807) is 35.1 Å². The number of benzene rings is 1. The summed E-state index contributed by atoms with van der Waals surface area (Å²) in [6, 6.07) is 8.76. The number of anilines is 1. The number of hydrogen-bond donors (Lipinski definition) is 1. The molecule has 1 aromatic carbocycles. The summed E-state index contributed by atoms with van der Waals surface area (Å²) in [6.45, 7) is 9.62. The number of fused-ring (bicyclic) bond motifs is 1. The Morgan fingerprint density at radius 3 is 2.52 bits per heavy atom. The van der Waals surface area contributed by atoms with Gasteiger partial charge in [0, 0.05) is 17.3 Å². The van der Waals surface area contributed by atoms with Gasteiger partial charge in [0.05, 0.1) is 35.5 Å². The number of ether oxygens (including phenoxy) is 1. The summed E-state index contributed by atoms with van der Waals surface area (Å²) in [5.74, 6) is 0.698. The van der Waals surface area contributed by atoms with Crippen LogP contribution in [0.1, 0.15) is 57.7 Å². The number of esters is 1. The Bertz CT molecular complexity index is 1380. The van der Waals surface area contributed by atoms with Crippen LogP contribution in [0.15, 0.2) is 40.9 Å². The van der Waals surface area contributed by atoms with Gasteiger partial charge in [-0.1, -0.05) is 6.07 Å². The third-order valence-electron chi connectivity index (χ3n) is 5.52. The maximum Gasteiger partial charge on any atom is 0.337 e. The van der Waals surface area contributed by atoms with Crippen molar-refractivity contribution in [1.29, 1.82) is 0 Å². The van der Waals surface area contributed by atoms with Crippen molar-refractivity contribution in [1.82, 2.24) is 14.8 Å². The molecule has 0 spiro atoms. The van der Waals surface area contributed by atoms with Crippen LogP contribution >= 0.6 is 0 Å². The molecule has 0 radical (unpaired) electrons. The van der Waals surface area contributed by atoms with Gasteiger partial charge in [-0.05, 0) is 64.4 Å². The molecule has 0 unspecified atom stereocenters. The zero-order valence-corrected chi connectivity index (χ0v) is 19.5. The predicted molar refractivity (Wildman–Crippen MR) is 126 cm³/mol. The first-order chi connectivity index (χ1) is 15.7. The quantitative estimate of drug-likeness (QED) is 0.421. The number of aromatic nitrogens is 3. The Morgan fingerprint density at radius 2 is 1.88 bits per heavy atom. The van der Waals surface area contributed by atoms with E-state index in [1.807, 2.05) is 40.7 Å². The minimum atomic E-state index is -0.469. The van der Waals surface area contributed by atoms with Gasteiger partial charge in [0.15, 0.2) is 5.65 Å². The van der Waals surface area contributed by atoms with Crippen LogP contribution in [0.3, 0.4) is 0 Å². The van der Waals surface area contributed by atoms with Crippen LogP contribution in [0.5, 0.6) is 0 Å². The molecule has 1 N–H and O–H groups in total. The molecule has 0 aliphatic rings. The normalized spacial score (nSPS) is 11.2. The zero-order chi connectivity index (χ0) is 23.9. The van der Waals surface area contributed by atoms with Crippen molar-refractivity contribution >= 4 is 28.6 Å². The minimum Gasteiger partial charge on any atom is -0.466 e. The first-order valence-corrected chi connectivity index (χ1v) is 10.7. The highest BCUT2D eigenvalue weighted by atomic mass is 16.5. The highest BCUT2D eigenvalue weighted by Crippen LogP contribution is 2.30. The second-order valence-corrected chi connectivity index (χ2v) is 8.28. The number of aryl methyl sites for hydroxylation is 3. The highest BCUT2D eigenvalue weighted by molar-refractivity contribution is 6.13. The number of furan rings is 1. The zero-order valence-electron chi connectivity index (χ0n) is 19.5. The van der Waals surface area contributed by atoms with Crippen LogP contribution in [-0.2, 0) is 4.74 Å². The third-order valence-corrected chi connectivity index (χ3v) is 5.52. The molecule has 3 heterocycles. The fraction of sp³-hybridized carbons (Fsp3) is 0.280. The Labute approximate surface area is 191 Å². The number of rotatable bonds is 5. The van der Waals surface area contributed by atoms with Crippen molar-refractivity contribution < 1.29 is 18.7 Å². The van der Waals surface area contributed by atoms with E-state index in [4.69, 9.17) is 14.1 Å². The van der Waals surface area contributed by atoms with Gasteiger partial charge < -0.3 is 14.5 Å². The third kappa shape index (κ3) is 4.11. The molecule has 0 saturated carbocycles. The van der Waals surface area contributed by atoms with Crippen molar-refractivity contribution in [3.63, 3.8) is 0 Å². The first-order valence-electron chi connectivity index (χ1n) is 10.7. The number of methoxy groups -OCH3 is 1. The van der Waals surface area contributed by atoms with Crippen molar-refractivity contribution in [3.05, 3.63) is 64.7 Å². The van der Waals surface area contributed by atoms with Gasteiger partial charge in [0.25, 0.3) is 5.91 Å². The monoisotopic (exact) mass is 446 g/mol. The second kappa shape index (κ2) is 8.54. The van der Waals surface area contributed by atoms with Crippen LogP contribution < -0.4 is 5.32 Å². The molecule has 8 heteroatoms. The molecule has 4 rings (SSSR count). The van der Waals surface area contributed by atoms with Crippen molar-refractivity contribution in [2.24, 2.45) is 0 Å². The van der Waals surface area contributed by atoms with Crippen LogP contribution in [0.2, 0.25) is 0 Å². The molecule has 0 fully saturated rings. The second-order valence-electron chi connectivity index (χ2n) is 8.28. The van der Waals surface area contributed by atoms with Crippen LogP contribution in [0.25, 0.3) is 22.3 Å². The first kappa shape index (κ1) is 22.3. The molecule has 4 aromatic rings. The Balaban J connectivity index is 1.84. The lowest BCUT2D eigenvalue weighted by Crippen LogP contribution is -2.15. The van der Waals surface area contributed by atoms with E-state index in [9.17, 15) is 9.59 Å². The number of carbonyl (C=O) groups excluding carboxylic acids is 2. The molecule has 3 aromatic heterocycles. The molecule has 0 atom stereocenters. The van der Waals surface area contributed by atoms with Crippen molar-refractivity contribution in [2.75, 3.05) is 12.4 Å².